The maximum Gasteiger partial charge on any atom is 0.129 e. The molecular formula is C12H17FN2. The summed E-state index contributed by atoms with van der Waals surface area (Å²) in [5.41, 5.74) is 7.01. The van der Waals surface area contributed by atoms with Crippen molar-refractivity contribution in [2.45, 2.75) is 38.3 Å². The van der Waals surface area contributed by atoms with Gasteiger partial charge in [-0.05, 0) is 25.0 Å². The van der Waals surface area contributed by atoms with Crippen molar-refractivity contribution in [3.05, 3.63) is 29.6 Å². The number of anilines is 1. The van der Waals surface area contributed by atoms with Crippen LogP contribution in [0.25, 0.3) is 0 Å². The van der Waals surface area contributed by atoms with Gasteiger partial charge in [0.25, 0.3) is 0 Å². The second-order valence-electron chi connectivity index (χ2n) is 4.10. The van der Waals surface area contributed by atoms with Crippen LogP contribution in [0.4, 0.5) is 10.1 Å². The highest BCUT2D eigenvalue weighted by molar-refractivity contribution is 5.52. The molecule has 3 N–H and O–H groups in total. The van der Waals surface area contributed by atoms with Gasteiger partial charge in [-0.15, -0.1) is 0 Å². The fourth-order valence-electron chi connectivity index (χ4n) is 2.19. The summed E-state index contributed by atoms with van der Waals surface area (Å²) in [7, 11) is 0. The first-order valence-electron chi connectivity index (χ1n) is 5.55. The van der Waals surface area contributed by atoms with Crippen LogP contribution in [0.3, 0.4) is 0 Å². The first-order chi connectivity index (χ1) is 7.31. The van der Waals surface area contributed by atoms with Gasteiger partial charge >= 0.3 is 0 Å². The SMILES string of the molecule is NCc1c(F)cccc1NC1CCCC1. The third kappa shape index (κ3) is 2.29. The van der Waals surface area contributed by atoms with Crippen molar-refractivity contribution in [1.82, 2.24) is 0 Å². The zero-order chi connectivity index (χ0) is 10.7. The Hall–Kier alpha value is -1.09. The van der Waals surface area contributed by atoms with Crippen molar-refractivity contribution in [2.24, 2.45) is 5.73 Å². The van der Waals surface area contributed by atoms with Crippen LogP contribution in [-0.2, 0) is 6.54 Å². The maximum absolute atomic E-state index is 13.4. The number of halogens is 1. The molecule has 1 saturated carbocycles. The highest BCUT2D eigenvalue weighted by atomic mass is 19.1. The molecule has 1 aliphatic carbocycles. The van der Waals surface area contributed by atoms with Crippen LogP contribution in [0.15, 0.2) is 18.2 Å². The van der Waals surface area contributed by atoms with Crippen molar-refractivity contribution in [1.29, 1.82) is 0 Å². The molecule has 1 aromatic rings. The Bertz CT molecular complexity index is 332. The second kappa shape index (κ2) is 4.62. The van der Waals surface area contributed by atoms with E-state index in [1.165, 1.54) is 31.7 Å². The molecule has 2 nitrogen and oxygen atoms in total. The van der Waals surface area contributed by atoms with Gasteiger partial charge in [-0.3, -0.25) is 0 Å². The number of hydrogen-bond acceptors (Lipinski definition) is 2. The van der Waals surface area contributed by atoms with Crippen LogP contribution < -0.4 is 11.1 Å². The number of benzene rings is 1. The Balaban J connectivity index is 2.15. The van der Waals surface area contributed by atoms with E-state index in [1.54, 1.807) is 6.07 Å². The van der Waals surface area contributed by atoms with Gasteiger partial charge in [-0.25, -0.2) is 4.39 Å². The first kappa shape index (κ1) is 10.4. The average Bonchev–Trinajstić information content (AvgIpc) is 2.71. The summed E-state index contributed by atoms with van der Waals surface area (Å²) in [6, 6.07) is 5.59. The van der Waals surface area contributed by atoms with Crippen LogP contribution in [0, 0.1) is 5.82 Å². The lowest BCUT2D eigenvalue weighted by molar-refractivity contribution is 0.610. The van der Waals surface area contributed by atoms with E-state index in [0.29, 0.717) is 11.6 Å². The van der Waals surface area contributed by atoms with Gasteiger partial charge < -0.3 is 11.1 Å². The average molecular weight is 208 g/mol. The second-order valence-corrected chi connectivity index (χ2v) is 4.10. The van der Waals surface area contributed by atoms with Gasteiger partial charge in [0.2, 0.25) is 0 Å². The minimum atomic E-state index is -0.208. The molecule has 0 aromatic heterocycles. The summed E-state index contributed by atoms with van der Waals surface area (Å²) < 4.78 is 13.4. The Morgan fingerprint density at radius 1 is 1.33 bits per heavy atom. The number of nitrogens with one attached hydrogen (secondary N) is 1. The van der Waals surface area contributed by atoms with Crippen molar-refractivity contribution >= 4 is 5.69 Å². The van der Waals surface area contributed by atoms with Crippen LogP contribution in [0.1, 0.15) is 31.2 Å². The quantitative estimate of drug-likeness (QED) is 0.801. The van der Waals surface area contributed by atoms with E-state index in [2.05, 4.69) is 5.32 Å². The monoisotopic (exact) mass is 208 g/mol. The number of hydrogen-bond donors (Lipinski definition) is 2. The zero-order valence-electron chi connectivity index (χ0n) is 8.80. The summed E-state index contributed by atoms with van der Waals surface area (Å²) in [6.07, 6.45) is 4.90. The largest absolute Gasteiger partial charge is 0.382 e. The maximum atomic E-state index is 13.4. The minimum absolute atomic E-state index is 0.208. The molecular weight excluding hydrogens is 191 g/mol. The molecule has 15 heavy (non-hydrogen) atoms. The predicted octanol–water partition coefficient (Wildman–Crippen LogP) is 2.64. The van der Waals surface area contributed by atoms with E-state index in [0.717, 1.165) is 5.69 Å². The van der Waals surface area contributed by atoms with Crippen LogP contribution in [-0.4, -0.2) is 6.04 Å². The molecule has 1 aliphatic rings. The van der Waals surface area contributed by atoms with Gasteiger partial charge in [0, 0.05) is 23.8 Å². The molecule has 0 bridgehead atoms. The smallest absolute Gasteiger partial charge is 0.129 e. The zero-order valence-corrected chi connectivity index (χ0v) is 8.80. The lowest BCUT2D eigenvalue weighted by Crippen LogP contribution is -2.17. The van der Waals surface area contributed by atoms with Crippen molar-refractivity contribution in [3.63, 3.8) is 0 Å². The molecule has 82 valence electrons. The van der Waals surface area contributed by atoms with Gasteiger partial charge in [0.1, 0.15) is 5.82 Å². The molecule has 0 aliphatic heterocycles. The summed E-state index contributed by atoms with van der Waals surface area (Å²) in [5.74, 6) is -0.208. The third-order valence-electron chi connectivity index (χ3n) is 3.04. The Morgan fingerprint density at radius 3 is 2.73 bits per heavy atom. The van der Waals surface area contributed by atoms with Gasteiger partial charge in [-0.2, -0.15) is 0 Å². The van der Waals surface area contributed by atoms with Gasteiger partial charge in [0.05, 0.1) is 0 Å². The summed E-state index contributed by atoms with van der Waals surface area (Å²) in [6.45, 7) is 0.252. The van der Waals surface area contributed by atoms with E-state index in [4.69, 9.17) is 5.73 Å². The Kier molecular flexibility index (Phi) is 3.21. The summed E-state index contributed by atoms with van der Waals surface area (Å²) >= 11 is 0. The van der Waals surface area contributed by atoms with Gasteiger partial charge in [-0.1, -0.05) is 18.9 Å². The van der Waals surface area contributed by atoms with E-state index >= 15 is 0 Å². The van der Waals surface area contributed by atoms with E-state index < -0.39 is 0 Å². The number of nitrogens with two attached hydrogens (primary N) is 1. The molecule has 0 saturated heterocycles. The molecule has 0 atom stereocenters. The van der Waals surface area contributed by atoms with Crippen molar-refractivity contribution in [3.8, 4) is 0 Å². The minimum Gasteiger partial charge on any atom is -0.382 e. The predicted molar refractivity (Wildman–Crippen MR) is 60.2 cm³/mol. The van der Waals surface area contributed by atoms with E-state index in [-0.39, 0.29) is 12.4 Å². The van der Waals surface area contributed by atoms with E-state index in [9.17, 15) is 4.39 Å². The number of rotatable bonds is 3. The van der Waals surface area contributed by atoms with Crippen LogP contribution in [0.2, 0.25) is 0 Å². The van der Waals surface area contributed by atoms with Crippen LogP contribution >= 0.6 is 0 Å². The van der Waals surface area contributed by atoms with E-state index in [1.807, 2.05) is 6.07 Å². The Morgan fingerprint density at radius 2 is 2.07 bits per heavy atom. The third-order valence-corrected chi connectivity index (χ3v) is 3.04. The molecule has 0 radical (unpaired) electrons. The molecule has 0 amide bonds. The lowest BCUT2D eigenvalue weighted by Gasteiger charge is -2.16. The summed E-state index contributed by atoms with van der Waals surface area (Å²) in [5, 5.41) is 3.38. The topological polar surface area (TPSA) is 38.0 Å². The highest BCUT2D eigenvalue weighted by Gasteiger charge is 2.16. The highest BCUT2D eigenvalue weighted by Crippen LogP contribution is 2.25. The molecule has 3 heteroatoms. The van der Waals surface area contributed by atoms with Crippen molar-refractivity contribution in [2.75, 3.05) is 5.32 Å². The first-order valence-corrected chi connectivity index (χ1v) is 5.55. The summed E-state index contributed by atoms with van der Waals surface area (Å²) in [4.78, 5) is 0. The fourth-order valence-corrected chi connectivity index (χ4v) is 2.19. The normalized spacial score (nSPS) is 16.9. The molecule has 1 aromatic carbocycles. The van der Waals surface area contributed by atoms with Gasteiger partial charge in [0.15, 0.2) is 0 Å². The standard InChI is InChI=1S/C12H17FN2/c13-11-6-3-7-12(10(11)8-14)15-9-4-1-2-5-9/h3,6-7,9,15H,1-2,4-5,8,14H2. The molecule has 1 fully saturated rings. The molecule has 0 heterocycles. The molecule has 0 unspecified atom stereocenters. The Labute approximate surface area is 89.7 Å². The lowest BCUT2D eigenvalue weighted by atomic mass is 10.1. The molecule has 0 spiro atoms. The van der Waals surface area contributed by atoms with Crippen molar-refractivity contribution < 1.29 is 4.39 Å². The molecule has 2 rings (SSSR count). The fraction of sp³-hybridized carbons (Fsp3) is 0.500. The van der Waals surface area contributed by atoms with Crippen LogP contribution in [0.5, 0.6) is 0 Å².